The minimum Gasteiger partial charge on any atom is -0.309 e. The summed E-state index contributed by atoms with van der Waals surface area (Å²) in [6.45, 7) is 0. The molecule has 0 fully saturated rings. The molecule has 0 amide bonds. The van der Waals surface area contributed by atoms with Crippen molar-refractivity contribution >= 4 is 17.1 Å². The number of rotatable bonds is 0. The molecule has 5 aromatic rings. The highest BCUT2D eigenvalue weighted by Gasteiger charge is 2.52. The third-order valence-electron chi connectivity index (χ3n) is 7.86. The Morgan fingerprint density at radius 2 is 1.00 bits per heavy atom. The fourth-order valence-electron chi connectivity index (χ4n) is 6.70. The molecule has 154 valence electrons. The molecular formula is C32H21N. The van der Waals surface area contributed by atoms with Gasteiger partial charge in [-0.1, -0.05) is 103 Å². The van der Waals surface area contributed by atoms with Gasteiger partial charge in [-0.3, -0.25) is 0 Å². The Kier molecular flexibility index (Phi) is 3.19. The molecule has 8 rings (SSSR count). The van der Waals surface area contributed by atoms with Crippen LogP contribution >= 0.6 is 0 Å². The maximum Gasteiger partial charge on any atom is 0.0754 e. The van der Waals surface area contributed by atoms with Gasteiger partial charge in [-0.05, 0) is 56.6 Å². The van der Waals surface area contributed by atoms with Crippen molar-refractivity contribution in [3.05, 3.63) is 149 Å². The summed E-state index contributed by atoms with van der Waals surface area (Å²) in [6, 6.07) is 42.9. The lowest BCUT2D eigenvalue weighted by Crippen LogP contribution is -2.37. The molecule has 0 radical (unpaired) electrons. The van der Waals surface area contributed by atoms with Gasteiger partial charge in [0.25, 0.3) is 0 Å². The lowest BCUT2D eigenvalue weighted by atomic mass is 9.63. The Labute approximate surface area is 193 Å². The van der Waals surface area contributed by atoms with Gasteiger partial charge in [-0.25, -0.2) is 0 Å². The molecule has 0 atom stereocenters. The zero-order chi connectivity index (χ0) is 21.6. The predicted octanol–water partition coefficient (Wildman–Crippen LogP) is 7.74. The smallest absolute Gasteiger partial charge is 0.0754 e. The van der Waals surface area contributed by atoms with Crippen LogP contribution < -0.4 is 4.90 Å². The fraction of sp³-hybridized carbons (Fsp3) is 0.0625. The Hall–Kier alpha value is -4.10. The van der Waals surface area contributed by atoms with Crippen LogP contribution in [-0.4, -0.2) is 0 Å². The van der Waals surface area contributed by atoms with E-state index in [0.717, 1.165) is 6.42 Å². The number of benzene rings is 5. The van der Waals surface area contributed by atoms with Gasteiger partial charge in [-0.2, -0.15) is 0 Å². The SMILES string of the molecule is c1ccc2c(c1)Cc1cccc3c1N2c1ccccc1C31c2ccccc2-c2ccccc21. The summed E-state index contributed by atoms with van der Waals surface area (Å²) in [5.74, 6) is 0. The van der Waals surface area contributed by atoms with Crippen molar-refractivity contribution in [2.45, 2.75) is 11.8 Å². The molecule has 1 spiro atoms. The monoisotopic (exact) mass is 419 g/mol. The van der Waals surface area contributed by atoms with Crippen LogP contribution in [0.1, 0.15) is 33.4 Å². The first-order valence-corrected chi connectivity index (χ1v) is 11.7. The highest BCUT2D eigenvalue weighted by Crippen LogP contribution is 2.64. The summed E-state index contributed by atoms with van der Waals surface area (Å²) in [7, 11) is 0. The molecule has 33 heavy (non-hydrogen) atoms. The maximum absolute atomic E-state index is 2.52. The molecule has 1 aliphatic carbocycles. The van der Waals surface area contributed by atoms with Crippen molar-refractivity contribution < 1.29 is 0 Å². The molecule has 0 aromatic heterocycles. The van der Waals surface area contributed by atoms with E-state index in [2.05, 4.69) is 120 Å². The van der Waals surface area contributed by atoms with Crippen molar-refractivity contribution in [1.82, 2.24) is 0 Å². The summed E-state index contributed by atoms with van der Waals surface area (Å²) in [5.41, 5.74) is 14.7. The second-order valence-corrected chi connectivity index (χ2v) is 9.31. The Morgan fingerprint density at radius 3 is 1.76 bits per heavy atom. The maximum atomic E-state index is 2.52. The average molecular weight is 420 g/mol. The van der Waals surface area contributed by atoms with Crippen molar-refractivity contribution in [2.24, 2.45) is 0 Å². The van der Waals surface area contributed by atoms with E-state index in [4.69, 9.17) is 0 Å². The highest BCUT2D eigenvalue weighted by atomic mass is 15.2. The lowest BCUT2D eigenvalue weighted by molar-refractivity contribution is 0.747. The minimum absolute atomic E-state index is 0.308. The number of hydrogen-bond acceptors (Lipinski definition) is 1. The van der Waals surface area contributed by atoms with Gasteiger partial charge in [0, 0.05) is 12.1 Å². The zero-order valence-electron chi connectivity index (χ0n) is 18.1. The van der Waals surface area contributed by atoms with Gasteiger partial charge in [-0.15, -0.1) is 0 Å². The second kappa shape index (κ2) is 6.02. The zero-order valence-corrected chi connectivity index (χ0v) is 18.1. The molecule has 1 nitrogen and oxygen atoms in total. The largest absolute Gasteiger partial charge is 0.309 e. The minimum atomic E-state index is -0.308. The Bertz CT molecular complexity index is 1560. The van der Waals surface area contributed by atoms with E-state index in [1.54, 1.807) is 0 Å². The summed E-state index contributed by atoms with van der Waals surface area (Å²) >= 11 is 0. The van der Waals surface area contributed by atoms with Gasteiger partial charge in [0.2, 0.25) is 0 Å². The van der Waals surface area contributed by atoms with Crippen LogP contribution in [0.2, 0.25) is 0 Å². The first kappa shape index (κ1) is 17.5. The molecular weight excluding hydrogens is 398 g/mol. The molecule has 2 heterocycles. The van der Waals surface area contributed by atoms with Crippen LogP contribution in [0.4, 0.5) is 17.1 Å². The van der Waals surface area contributed by atoms with E-state index in [-0.39, 0.29) is 5.41 Å². The van der Waals surface area contributed by atoms with Gasteiger partial charge in [0.1, 0.15) is 0 Å². The van der Waals surface area contributed by atoms with Gasteiger partial charge >= 0.3 is 0 Å². The predicted molar refractivity (Wildman–Crippen MR) is 135 cm³/mol. The van der Waals surface area contributed by atoms with Crippen molar-refractivity contribution in [3.8, 4) is 11.1 Å². The van der Waals surface area contributed by atoms with E-state index < -0.39 is 0 Å². The van der Waals surface area contributed by atoms with E-state index in [1.807, 2.05) is 0 Å². The fourth-order valence-corrected chi connectivity index (χ4v) is 6.70. The number of nitrogens with zero attached hydrogens (tertiary/aromatic N) is 1. The normalized spacial score (nSPS) is 15.3. The van der Waals surface area contributed by atoms with E-state index >= 15 is 0 Å². The van der Waals surface area contributed by atoms with E-state index in [9.17, 15) is 0 Å². The summed E-state index contributed by atoms with van der Waals surface area (Å²) in [6.07, 6.45) is 0.970. The Balaban J connectivity index is 1.59. The molecule has 1 heteroatoms. The summed E-state index contributed by atoms with van der Waals surface area (Å²) in [4.78, 5) is 2.52. The average Bonchev–Trinajstić information content (AvgIpc) is 3.18. The standard InChI is InChI=1S/C32H21N/c1-7-18-29-21(10-1)20-22-11-9-17-28-31(22)33(29)30-19-8-6-16-27(30)32(28)25-14-4-2-12-23(25)24-13-3-5-15-26(24)32/h1-19H,20H2. The molecule has 0 N–H and O–H groups in total. The molecule has 5 aromatic carbocycles. The van der Waals surface area contributed by atoms with Crippen molar-refractivity contribution in [2.75, 3.05) is 4.90 Å². The highest BCUT2D eigenvalue weighted by molar-refractivity contribution is 5.97. The van der Waals surface area contributed by atoms with Crippen LogP contribution in [0.3, 0.4) is 0 Å². The van der Waals surface area contributed by atoms with Crippen LogP contribution in [0.5, 0.6) is 0 Å². The number of fused-ring (bicyclic) bond motifs is 11. The van der Waals surface area contributed by atoms with E-state index in [0.29, 0.717) is 0 Å². The number of para-hydroxylation sites is 3. The molecule has 0 bridgehead atoms. The summed E-state index contributed by atoms with van der Waals surface area (Å²) in [5, 5.41) is 0. The van der Waals surface area contributed by atoms with E-state index in [1.165, 1.54) is 61.6 Å². The molecule has 0 saturated carbocycles. The van der Waals surface area contributed by atoms with Crippen LogP contribution in [0, 0.1) is 0 Å². The quantitative estimate of drug-likeness (QED) is 0.243. The molecule has 3 aliphatic rings. The van der Waals surface area contributed by atoms with Gasteiger partial charge in [0.05, 0.1) is 16.8 Å². The third-order valence-corrected chi connectivity index (χ3v) is 7.86. The second-order valence-electron chi connectivity index (χ2n) is 9.31. The van der Waals surface area contributed by atoms with Crippen LogP contribution in [0.25, 0.3) is 11.1 Å². The first-order valence-electron chi connectivity index (χ1n) is 11.7. The molecule has 0 unspecified atom stereocenters. The van der Waals surface area contributed by atoms with Crippen LogP contribution in [-0.2, 0) is 11.8 Å². The van der Waals surface area contributed by atoms with Gasteiger partial charge < -0.3 is 4.90 Å². The third kappa shape index (κ3) is 1.95. The molecule has 2 aliphatic heterocycles. The summed E-state index contributed by atoms with van der Waals surface area (Å²) < 4.78 is 0. The topological polar surface area (TPSA) is 3.24 Å². The van der Waals surface area contributed by atoms with Crippen LogP contribution in [0.15, 0.2) is 115 Å². The van der Waals surface area contributed by atoms with Crippen molar-refractivity contribution in [3.63, 3.8) is 0 Å². The number of anilines is 3. The molecule has 0 saturated heterocycles. The lowest BCUT2D eigenvalue weighted by Gasteiger charge is -2.47. The van der Waals surface area contributed by atoms with Gasteiger partial charge in [0.15, 0.2) is 0 Å². The Morgan fingerprint density at radius 1 is 0.455 bits per heavy atom. The first-order chi connectivity index (χ1) is 16.4. The number of hydrogen-bond donors (Lipinski definition) is 0. The van der Waals surface area contributed by atoms with Crippen molar-refractivity contribution in [1.29, 1.82) is 0 Å².